The number of hydrogen-bond donors (Lipinski definition) is 1. The monoisotopic (exact) mass is 238 g/mol. The molecule has 0 aromatic carbocycles. The first-order chi connectivity index (χ1) is 6.86. The summed E-state index contributed by atoms with van der Waals surface area (Å²) in [6.45, 7) is 1.63. The fourth-order valence-electron chi connectivity index (χ4n) is 1.18. The van der Waals surface area contributed by atoms with Crippen molar-refractivity contribution in [3.8, 4) is 0 Å². The van der Waals surface area contributed by atoms with Crippen LogP contribution in [0, 0.1) is 0 Å². The smallest absolute Gasteiger partial charge is 0.417 e. The summed E-state index contributed by atoms with van der Waals surface area (Å²) in [6.07, 6.45) is -4.11. The fourth-order valence-corrected chi connectivity index (χ4v) is 2.27. The third-order valence-electron chi connectivity index (χ3n) is 2.00. The highest BCUT2D eigenvalue weighted by molar-refractivity contribution is 7.10. The lowest BCUT2D eigenvalue weighted by molar-refractivity contribution is -0.139. The predicted molar refractivity (Wildman–Crippen MR) is 50.0 cm³/mol. The highest BCUT2D eigenvalue weighted by Crippen LogP contribution is 2.35. The standard InChI is InChI=1S/C9H9F3O2S/c1-2-6(8(13)14)7-3-5(4-15-7)9(10,11)12/h3-4,6H,2H2,1H3,(H,13,14). The molecular weight excluding hydrogens is 229 g/mol. The van der Waals surface area contributed by atoms with Gasteiger partial charge in [-0.3, -0.25) is 4.79 Å². The van der Waals surface area contributed by atoms with E-state index in [0.29, 0.717) is 0 Å². The number of rotatable bonds is 3. The van der Waals surface area contributed by atoms with Crippen LogP contribution in [0.2, 0.25) is 0 Å². The summed E-state index contributed by atoms with van der Waals surface area (Å²) < 4.78 is 36.7. The zero-order valence-electron chi connectivity index (χ0n) is 7.84. The van der Waals surface area contributed by atoms with E-state index in [1.165, 1.54) is 0 Å². The molecule has 1 aromatic rings. The average molecular weight is 238 g/mol. The minimum Gasteiger partial charge on any atom is -0.481 e. The Bertz CT molecular complexity index is 356. The molecule has 15 heavy (non-hydrogen) atoms. The largest absolute Gasteiger partial charge is 0.481 e. The van der Waals surface area contributed by atoms with Gasteiger partial charge in [-0.2, -0.15) is 13.2 Å². The van der Waals surface area contributed by atoms with Gasteiger partial charge >= 0.3 is 12.1 Å². The maximum Gasteiger partial charge on any atom is 0.417 e. The van der Waals surface area contributed by atoms with Crippen molar-refractivity contribution in [3.05, 3.63) is 21.9 Å². The first-order valence-electron chi connectivity index (χ1n) is 4.24. The van der Waals surface area contributed by atoms with Gasteiger partial charge in [-0.15, -0.1) is 11.3 Å². The molecule has 0 saturated heterocycles. The molecule has 0 aliphatic heterocycles. The van der Waals surface area contributed by atoms with Crippen molar-refractivity contribution < 1.29 is 23.1 Å². The summed E-state index contributed by atoms with van der Waals surface area (Å²) in [6, 6.07) is 0.910. The zero-order chi connectivity index (χ0) is 11.6. The van der Waals surface area contributed by atoms with Gasteiger partial charge in [-0.05, 0) is 12.5 Å². The van der Waals surface area contributed by atoms with Crippen LogP contribution in [-0.4, -0.2) is 11.1 Å². The van der Waals surface area contributed by atoms with Crippen LogP contribution in [-0.2, 0) is 11.0 Å². The summed E-state index contributed by atoms with van der Waals surface area (Å²) in [5.41, 5.74) is -0.776. The van der Waals surface area contributed by atoms with Crippen LogP contribution in [0.5, 0.6) is 0 Å². The second kappa shape index (κ2) is 4.22. The Hall–Kier alpha value is -1.04. The predicted octanol–water partition coefficient (Wildman–Crippen LogP) is 3.35. The van der Waals surface area contributed by atoms with Crippen LogP contribution in [0.15, 0.2) is 11.4 Å². The zero-order valence-corrected chi connectivity index (χ0v) is 8.65. The molecule has 0 saturated carbocycles. The molecule has 1 rings (SSSR count). The molecule has 0 spiro atoms. The van der Waals surface area contributed by atoms with Crippen molar-refractivity contribution in [1.29, 1.82) is 0 Å². The van der Waals surface area contributed by atoms with Crippen LogP contribution in [0.4, 0.5) is 13.2 Å². The molecule has 0 aliphatic rings. The lowest BCUT2D eigenvalue weighted by atomic mass is 10.0. The molecule has 1 heterocycles. The molecular formula is C9H9F3O2S. The quantitative estimate of drug-likeness (QED) is 0.876. The molecule has 1 aromatic heterocycles. The topological polar surface area (TPSA) is 37.3 Å². The Morgan fingerprint density at radius 3 is 2.53 bits per heavy atom. The van der Waals surface area contributed by atoms with Crippen LogP contribution in [0.25, 0.3) is 0 Å². The molecule has 0 radical (unpaired) electrons. The number of thiophene rings is 1. The minimum absolute atomic E-state index is 0.248. The van der Waals surface area contributed by atoms with Crippen molar-refractivity contribution in [1.82, 2.24) is 0 Å². The highest BCUT2D eigenvalue weighted by atomic mass is 32.1. The minimum atomic E-state index is -4.40. The van der Waals surface area contributed by atoms with Crippen LogP contribution >= 0.6 is 11.3 Å². The maximum absolute atomic E-state index is 12.2. The average Bonchev–Trinajstić information content (AvgIpc) is 2.52. The van der Waals surface area contributed by atoms with Gasteiger partial charge in [-0.25, -0.2) is 0 Å². The number of aliphatic carboxylic acids is 1. The van der Waals surface area contributed by atoms with Gasteiger partial charge < -0.3 is 5.11 Å². The number of hydrogen-bond acceptors (Lipinski definition) is 2. The summed E-state index contributed by atoms with van der Waals surface area (Å²) >= 11 is 0.837. The third kappa shape index (κ3) is 2.71. The number of halogens is 3. The van der Waals surface area contributed by atoms with Crippen molar-refractivity contribution in [2.24, 2.45) is 0 Å². The van der Waals surface area contributed by atoms with Crippen molar-refractivity contribution in [2.45, 2.75) is 25.4 Å². The van der Waals surface area contributed by atoms with E-state index in [1.54, 1.807) is 6.92 Å². The van der Waals surface area contributed by atoms with E-state index in [4.69, 9.17) is 5.11 Å². The van der Waals surface area contributed by atoms with Gasteiger partial charge in [0.1, 0.15) is 0 Å². The van der Waals surface area contributed by atoms with E-state index in [9.17, 15) is 18.0 Å². The van der Waals surface area contributed by atoms with Crippen molar-refractivity contribution in [2.75, 3.05) is 0 Å². The second-order valence-electron chi connectivity index (χ2n) is 3.03. The van der Waals surface area contributed by atoms with Gasteiger partial charge in [0.05, 0.1) is 11.5 Å². The molecule has 84 valence electrons. The van der Waals surface area contributed by atoms with Gasteiger partial charge in [0.15, 0.2) is 0 Å². The molecule has 0 amide bonds. The van der Waals surface area contributed by atoms with E-state index < -0.39 is 23.6 Å². The first kappa shape index (κ1) is 12.0. The fraction of sp³-hybridized carbons (Fsp3) is 0.444. The maximum atomic E-state index is 12.2. The second-order valence-corrected chi connectivity index (χ2v) is 3.98. The van der Waals surface area contributed by atoms with Crippen LogP contribution in [0.3, 0.4) is 0 Å². The summed E-state index contributed by atoms with van der Waals surface area (Å²) in [7, 11) is 0. The van der Waals surface area contributed by atoms with Crippen molar-refractivity contribution in [3.63, 3.8) is 0 Å². The van der Waals surface area contributed by atoms with Gasteiger partial charge in [0.2, 0.25) is 0 Å². The normalized spacial score (nSPS) is 13.9. The van der Waals surface area contributed by atoms with Gasteiger partial charge in [-0.1, -0.05) is 6.92 Å². The number of carbonyl (C=O) groups is 1. The van der Waals surface area contributed by atoms with Gasteiger partial charge in [0, 0.05) is 10.3 Å². The number of carboxylic acids is 1. The summed E-state index contributed by atoms with van der Waals surface area (Å²) in [4.78, 5) is 11.0. The molecule has 1 unspecified atom stereocenters. The first-order valence-corrected chi connectivity index (χ1v) is 5.12. The summed E-state index contributed by atoms with van der Waals surface area (Å²) in [5.74, 6) is -1.93. The molecule has 0 fully saturated rings. The molecule has 0 aliphatic carbocycles. The molecule has 1 N–H and O–H groups in total. The van der Waals surface area contributed by atoms with E-state index >= 15 is 0 Å². The molecule has 6 heteroatoms. The lowest BCUT2D eigenvalue weighted by Gasteiger charge is -2.06. The third-order valence-corrected chi connectivity index (χ3v) is 3.04. The Kier molecular flexibility index (Phi) is 3.38. The summed E-state index contributed by atoms with van der Waals surface area (Å²) in [5, 5.41) is 9.71. The Labute approximate surface area is 88.3 Å². The van der Waals surface area contributed by atoms with Crippen molar-refractivity contribution >= 4 is 17.3 Å². The Morgan fingerprint density at radius 2 is 2.20 bits per heavy atom. The van der Waals surface area contributed by atoms with Crippen LogP contribution in [0.1, 0.15) is 29.7 Å². The van der Waals surface area contributed by atoms with E-state index in [2.05, 4.69) is 0 Å². The van der Waals surface area contributed by atoms with Gasteiger partial charge in [0.25, 0.3) is 0 Å². The number of carboxylic acid groups (broad SMARTS) is 1. The highest BCUT2D eigenvalue weighted by Gasteiger charge is 2.33. The van der Waals surface area contributed by atoms with Crippen LogP contribution < -0.4 is 0 Å². The van der Waals surface area contributed by atoms with E-state index in [1.807, 2.05) is 0 Å². The molecule has 1 atom stereocenters. The molecule has 0 bridgehead atoms. The Morgan fingerprint density at radius 1 is 1.60 bits per heavy atom. The Balaban J connectivity index is 2.97. The number of alkyl halides is 3. The SMILES string of the molecule is CCC(C(=O)O)c1cc(C(F)(F)F)cs1. The van der Waals surface area contributed by atoms with E-state index in [-0.39, 0.29) is 11.3 Å². The van der Waals surface area contributed by atoms with E-state index in [0.717, 1.165) is 22.8 Å². The molecule has 2 nitrogen and oxygen atoms in total. The lowest BCUT2D eigenvalue weighted by Crippen LogP contribution is -2.09.